The monoisotopic (exact) mass is 413 g/mol. The number of ketones is 1. The highest BCUT2D eigenvalue weighted by Gasteiger charge is 2.50. The van der Waals surface area contributed by atoms with Crippen molar-refractivity contribution >= 4 is 17.4 Å². The van der Waals surface area contributed by atoms with Crippen LogP contribution < -0.4 is 4.90 Å². The summed E-state index contributed by atoms with van der Waals surface area (Å²) in [6, 6.07) is 24.2. The first-order valence-electron chi connectivity index (χ1n) is 10.5. The van der Waals surface area contributed by atoms with E-state index in [0.717, 1.165) is 11.1 Å². The molecule has 1 atom stereocenters. The van der Waals surface area contributed by atoms with Gasteiger partial charge in [-0.2, -0.15) is 0 Å². The van der Waals surface area contributed by atoms with Gasteiger partial charge in [-0.3, -0.25) is 9.59 Å². The maximum Gasteiger partial charge on any atom is 0.264 e. The summed E-state index contributed by atoms with van der Waals surface area (Å²) in [7, 11) is 0. The first kappa shape index (κ1) is 21.0. The van der Waals surface area contributed by atoms with Crippen molar-refractivity contribution in [2.75, 3.05) is 4.90 Å². The summed E-state index contributed by atoms with van der Waals surface area (Å²) in [6.45, 7) is 6.68. The van der Waals surface area contributed by atoms with E-state index in [0.29, 0.717) is 23.4 Å². The Morgan fingerprint density at radius 3 is 2.16 bits per heavy atom. The topological polar surface area (TPSA) is 57.6 Å². The molecule has 0 spiro atoms. The Morgan fingerprint density at radius 2 is 1.52 bits per heavy atom. The van der Waals surface area contributed by atoms with E-state index < -0.39 is 11.5 Å². The Hall–Kier alpha value is -3.24. The van der Waals surface area contributed by atoms with Gasteiger partial charge in [0.2, 0.25) is 0 Å². The van der Waals surface area contributed by atoms with Gasteiger partial charge in [-0.1, -0.05) is 93.6 Å². The minimum Gasteiger partial charge on any atom is -0.375 e. The summed E-state index contributed by atoms with van der Waals surface area (Å²) >= 11 is 0. The number of carbonyl (C=O) groups excluding carboxylic acids is 2. The van der Waals surface area contributed by atoms with E-state index in [2.05, 4.69) is 20.8 Å². The number of para-hydroxylation sites is 1. The molecule has 4 heteroatoms. The van der Waals surface area contributed by atoms with E-state index >= 15 is 0 Å². The van der Waals surface area contributed by atoms with Crippen molar-refractivity contribution in [1.29, 1.82) is 0 Å². The largest absolute Gasteiger partial charge is 0.375 e. The van der Waals surface area contributed by atoms with Gasteiger partial charge in [0.1, 0.15) is 0 Å². The van der Waals surface area contributed by atoms with Gasteiger partial charge in [-0.25, -0.2) is 0 Å². The summed E-state index contributed by atoms with van der Waals surface area (Å²) in [6.07, 6.45) is -0.289. The predicted molar refractivity (Wildman–Crippen MR) is 122 cm³/mol. The Kier molecular flexibility index (Phi) is 5.28. The number of rotatable bonds is 5. The standard InChI is InChI=1S/C27H27NO3/c1-26(2,3)21-15-13-20(14-16-21)24(29)17-27(31)22-11-7-8-12-23(22)28(25(27)30)18-19-9-5-4-6-10-19/h4-16,31H,17-18H2,1-3H3/t27-/m0/s1. The van der Waals surface area contributed by atoms with Crippen molar-refractivity contribution in [3.8, 4) is 0 Å². The van der Waals surface area contributed by atoms with Gasteiger partial charge in [-0.15, -0.1) is 0 Å². The highest BCUT2D eigenvalue weighted by Crippen LogP contribution is 2.43. The normalized spacial score (nSPS) is 18.2. The lowest BCUT2D eigenvalue weighted by molar-refractivity contribution is -0.136. The molecule has 1 aliphatic rings. The second kappa shape index (κ2) is 7.78. The second-order valence-electron chi connectivity index (χ2n) is 9.18. The van der Waals surface area contributed by atoms with Crippen LogP contribution in [0.1, 0.15) is 54.2 Å². The third-order valence-corrected chi connectivity index (χ3v) is 5.91. The number of aliphatic hydroxyl groups is 1. The molecule has 1 amide bonds. The van der Waals surface area contributed by atoms with Crippen LogP contribution in [-0.2, 0) is 22.4 Å². The Bertz CT molecular complexity index is 1110. The van der Waals surface area contributed by atoms with Gasteiger partial charge in [-0.05, 0) is 22.6 Å². The quantitative estimate of drug-likeness (QED) is 0.600. The first-order valence-corrected chi connectivity index (χ1v) is 10.5. The van der Waals surface area contributed by atoms with Gasteiger partial charge < -0.3 is 10.0 Å². The van der Waals surface area contributed by atoms with Crippen LogP contribution in [0.3, 0.4) is 0 Å². The Balaban J connectivity index is 1.63. The molecule has 1 N–H and O–H groups in total. The molecule has 3 aromatic carbocycles. The summed E-state index contributed by atoms with van der Waals surface area (Å²) in [5.41, 5.74) is 1.82. The maximum absolute atomic E-state index is 13.4. The number of amides is 1. The van der Waals surface area contributed by atoms with E-state index in [1.807, 2.05) is 54.6 Å². The maximum atomic E-state index is 13.4. The summed E-state index contributed by atoms with van der Waals surface area (Å²) in [5, 5.41) is 11.5. The third-order valence-electron chi connectivity index (χ3n) is 5.91. The minimum atomic E-state index is -1.87. The van der Waals surface area contributed by atoms with Crippen molar-refractivity contribution in [2.24, 2.45) is 0 Å². The molecular weight excluding hydrogens is 386 g/mol. The van der Waals surface area contributed by atoms with E-state index in [4.69, 9.17) is 0 Å². The summed E-state index contributed by atoms with van der Waals surface area (Å²) in [5.74, 6) is -0.718. The highest BCUT2D eigenvalue weighted by molar-refractivity contribution is 6.10. The van der Waals surface area contributed by atoms with Crippen LogP contribution in [0.5, 0.6) is 0 Å². The van der Waals surface area contributed by atoms with Crippen molar-refractivity contribution in [1.82, 2.24) is 0 Å². The molecule has 3 aromatic rings. The van der Waals surface area contributed by atoms with E-state index in [-0.39, 0.29) is 17.6 Å². The Morgan fingerprint density at radius 1 is 0.903 bits per heavy atom. The number of carbonyl (C=O) groups is 2. The first-order chi connectivity index (χ1) is 14.7. The number of Topliss-reactive ketones (excluding diaryl/α,β-unsaturated/α-hetero) is 1. The van der Waals surface area contributed by atoms with Crippen LogP contribution in [0.4, 0.5) is 5.69 Å². The molecule has 4 nitrogen and oxygen atoms in total. The molecule has 0 aliphatic carbocycles. The van der Waals surface area contributed by atoms with E-state index in [9.17, 15) is 14.7 Å². The molecule has 0 fully saturated rings. The molecule has 0 aromatic heterocycles. The molecule has 0 bridgehead atoms. The summed E-state index contributed by atoms with van der Waals surface area (Å²) < 4.78 is 0. The summed E-state index contributed by atoms with van der Waals surface area (Å²) in [4.78, 5) is 28.0. The zero-order chi connectivity index (χ0) is 22.2. The number of hydrogen-bond donors (Lipinski definition) is 1. The number of anilines is 1. The average Bonchev–Trinajstić information content (AvgIpc) is 2.96. The number of benzene rings is 3. The van der Waals surface area contributed by atoms with Gasteiger partial charge in [0, 0.05) is 11.1 Å². The molecule has 31 heavy (non-hydrogen) atoms. The van der Waals surface area contributed by atoms with Crippen molar-refractivity contribution in [3.63, 3.8) is 0 Å². The SMILES string of the molecule is CC(C)(C)c1ccc(C(=O)C[C@@]2(O)C(=O)N(Cc3ccccc3)c3ccccc32)cc1. The molecule has 0 unspecified atom stereocenters. The minimum absolute atomic E-state index is 0.0158. The zero-order valence-corrected chi connectivity index (χ0v) is 18.1. The molecule has 1 heterocycles. The van der Waals surface area contributed by atoms with Gasteiger partial charge in [0.05, 0.1) is 18.7 Å². The molecule has 0 saturated carbocycles. The van der Waals surface area contributed by atoms with E-state index in [1.54, 1.807) is 29.2 Å². The molecule has 4 rings (SSSR count). The molecule has 0 radical (unpaired) electrons. The fourth-order valence-corrected chi connectivity index (χ4v) is 4.09. The van der Waals surface area contributed by atoms with Crippen LogP contribution in [0.2, 0.25) is 0 Å². The highest BCUT2D eigenvalue weighted by atomic mass is 16.3. The lowest BCUT2D eigenvalue weighted by atomic mass is 9.85. The third kappa shape index (κ3) is 3.91. The number of hydrogen-bond acceptors (Lipinski definition) is 3. The molecular formula is C27H27NO3. The van der Waals surface area contributed by atoms with Crippen molar-refractivity contribution in [3.05, 3.63) is 101 Å². The number of fused-ring (bicyclic) bond motifs is 1. The van der Waals surface area contributed by atoms with Crippen LogP contribution in [-0.4, -0.2) is 16.8 Å². The fourth-order valence-electron chi connectivity index (χ4n) is 4.09. The van der Waals surface area contributed by atoms with Crippen LogP contribution in [0.25, 0.3) is 0 Å². The molecule has 158 valence electrons. The van der Waals surface area contributed by atoms with Crippen LogP contribution in [0.15, 0.2) is 78.9 Å². The smallest absolute Gasteiger partial charge is 0.264 e. The lowest BCUT2D eigenvalue weighted by Crippen LogP contribution is -2.41. The predicted octanol–water partition coefficient (Wildman–Crippen LogP) is 4.99. The fraction of sp³-hybridized carbons (Fsp3) is 0.259. The second-order valence-corrected chi connectivity index (χ2v) is 9.18. The molecule has 1 aliphatic heterocycles. The average molecular weight is 414 g/mol. The lowest BCUT2D eigenvalue weighted by Gasteiger charge is -2.23. The van der Waals surface area contributed by atoms with Gasteiger partial charge in [0.15, 0.2) is 11.4 Å². The van der Waals surface area contributed by atoms with Crippen molar-refractivity contribution < 1.29 is 14.7 Å². The zero-order valence-electron chi connectivity index (χ0n) is 18.1. The van der Waals surface area contributed by atoms with Crippen molar-refractivity contribution in [2.45, 2.75) is 44.8 Å². The molecule has 0 saturated heterocycles. The van der Waals surface area contributed by atoms with E-state index in [1.165, 1.54) is 0 Å². The van der Waals surface area contributed by atoms with Crippen LogP contribution >= 0.6 is 0 Å². The number of nitrogens with zero attached hydrogens (tertiary/aromatic N) is 1. The van der Waals surface area contributed by atoms with Crippen LogP contribution in [0, 0.1) is 0 Å². The van der Waals surface area contributed by atoms with Gasteiger partial charge in [0.25, 0.3) is 5.91 Å². The van der Waals surface area contributed by atoms with Gasteiger partial charge >= 0.3 is 0 Å². The Labute approximate surface area is 183 Å².